The predicted octanol–water partition coefficient (Wildman–Crippen LogP) is 2.24. The van der Waals surface area contributed by atoms with E-state index >= 15 is 0 Å². The number of hydrogen-bond donors (Lipinski definition) is 2. The predicted molar refractivity (Wildman–Crippen MR) is 107 cm³/mol. The van der Waals surface area contributed by atoms with Crippen LogP contribution in [-0.2, 0) is 9.59 Å². The topological polar surface area (TPSA) is 127 Å². The first-order chi connectivity index (χ1) is 14.4. The van der Waals surface area contributed by atoms with Gasteiger partial charge in [0.15, 0.2) is 0 Å². The second-order valence-electron chi connectivity index (χ2n) is 6.72. The number of aromatic nitrogens is 2. The summed E-state index contributed by atoms with van der Waals surface area (Å²) < 4.78 is 18.4. The van der Waals surface area contributed by atoms with Gasteiger partial charge < -0.3 is 15.5 Å². The molecule has 3 aromatic rings. The maximum Gasteiger partial charge on any atom is 0.271 e. The molecule has 10 heteroatoms. The van der Waals surface area contributed by atoms with Gasteiger partial charge in [-0.05, 0) is 48.9 Å². The Morgan fingerprint density at radius 3 is 2.67 bits per heavy atom. The number of benzene rings is 2. The highest BCUT2D eigenvalue weighted by molar-refractivity contribution is 6.44. The minimum Gasteiger partial charge on any atom is -0.423 e. The van der Waals surface area contributed by atoms with Crippen molar-refractivity contribution < 1.29 is 18.4 Å². The Bertz CT molecular complexity index is 1130. The molecule has 0 saturated heterocycles. The molecule has 1 unspecified atom stereocenters. The van der Waals surface area contributed by atoms with Gasteiger partial charge in [-0.15, -0.1) is 10.2 Å². The van der Waals surface area contributed by atoms with E-state index in [1.54, 1.807) is 12.1 Å². The molecule has 2 amide bonds. The van der Waals surface area contributed by atoms with Crippen LogP contribution in [-0.4, -0.2) is 33.8 Å². The number of aryl methyl sites for hydroxylation is 1. The first-order valence-corrected chi connectivity index (χ1v) is 9.02. The number of nitrogens with zero attached hydrogens (tertiary/aromatic N) is 4. The number of hydrogen-bond acceptors (Lipinski definition) is 7. The van der Waals surface area contributed by atoms with Gasteiger partial charge in [0.2, 0.25) is 18.2 Å². The Balaban J connectivity index is 1.59. The van der Waals surface area contributed by atoms with Gasteiger partial charge >= 0.3 is 0 Å². The molecule has 0 radical (unpaired) electrons. The van der Waals surface area contributed by atoms with Crippen molar-refractivity contribution in [2.45, 2.75) is 19.4 Å². The summed E-state index contributed by atoms with van der Waals surface area (Å²) in [5.74, 6) is -1.22. The summed E-state index contributed by atoms with van der Waals surface area (Å²) in [5.41, 5.74) is 8.06. The van der Waals surface area contributed by atoms with Crippen LogP contribution in [0.25, 0.3) is 11.5 Å². The van der Waals surface area contributed by atoms with E-state index in [1.165, 1.54) is 35.7 Å². The minimum absolute atomic E-state index is 0.0287. The molecule has 2 aromatic carbocycles. The molecular formula is C20H17FN6O3. The van der Waals surface area contributed by atoms with Crippen molar-refractivity contribution in [2.75, 3.05) is 10.3 Å². The van der Waals surface area contributed by atoms with Crippen LogP contribution in [0.4, 0.5) is 15.8 Å². The maximum absolute atomic E-state index is 13.2. The molecule has 0 fully saturated rings. The average molecular weight is 408 g/mol. The van der Waals surface area contributed by atoms with E-state index in [9.17, 15) is 14.0 Å². The van der Waals surface area contributed by atoms with Crippen LogP contribution in [0.5, 0.6) is 0 Å². The van der Waals surface area contributed by atoms with Crippen molar-refractivity contribution in [3.05, 3.63) is 60.2 Å². The lowest BCUT2D eigenvalue weighted by molar-refractivity contribution is -0.119. The molecule has 0 spiro atoms. The fourth-order valence-corrected chi connectivity index (χ4v) is 3.08. The lowest BCUT2D eigenvalue weighted by Crippen LogP contribution is -2.39. The summed E-state index contributed by atoms with van der Waals surface area (Å²) in [5, 5.41) is 15.9. The number of primary amides is 1. The quantitative estimate of drug-likeness (QED) is 0.667. The summed E-state index contributed by atoms with van der Waals surface area (Å²) in [7, 11) is 0. The molecule has 3 N–H and O–H groups in total. The smallest absolute Gasteiger partial charge is 0.271 e. The van der Waals surface area contributed by atoms with Gasteiger partial charge in [-0.2, -0.15) is 5.10 Å². The molecule has 152 valence electrons. The van der Waals surface area contributed by atoms with Gasteiger partial charge in [0.1, 0.15) is 17.6 Å². The van der Waals surface area contributed by atoms with E-state index in [-0.39, 0.29) is 12.1 Å². The number of rotatable bonds is 5. The lowest BCUT2D eigenvalue weighted by Gasteiger charge is -2.20. The highest BCUT2D eigenvalue weighted by Gasteiger charge is 2.35. The van der Waals surface area contributed by atoms with Crippen molar-refractivity contribution >= 4 is 28.9 Å². The molecule has 30 heavy (non-hydrogen) atoms. The Hall–Kier alpha value is -4.08. The number of carbonyl (C=O) groups excluding carboxylic acids is 2. The van der Waals surface area contributed by atoms with Crippen LogP contribution in [0.15, 0.2) is 58.4 Å². The Kier molecular flexibility index (Phi) is 4.97. The molecule has 0 bridgehead atoms. The van der Waals surface area contributed by atoms with E-state index in [0.717, 1.165) is 5.56 Å². The molecule has 1 atom stereocenters. The molecule has 0 aliphatic carbocycles. The number of nitrogens with two attached hydrogens (primary N) is 1. The standard InChI is InChI=1S/C20H17FN6O3/c1-11-2-3-12(20-25-23-10-30-20)8-15(11)24-19(29)16-9-17(18(22)28)27(26-16)14-6-4-13(21)5-7-14/h2-8,10,17H,9H2,1H3,(H2,22,28)(H,24,29). The zero-order valence-electron chi connectivity index (χ0n) is 15.9. The molecule has 0 saturated carbocycles. The third-order valence-corrected chi connectivity index (χ3v) is 4.68. The van der Waals surface area contributed by atoms with Crippen molar-refractivity contribution in [3.8, 4) is 11.5 Å². The second kappa shape index (κ2) is 7.74. The zero-order chi connectivity index (χ0) is 21.3. The molecule has 2 heterocycles. The second-order valence-corrected chi connectivity index (χ2v) is 6.72. The highest BCUT2D eigenvalue weighted by Crippen LogP contribution is 2.27. The van der Waals surface area contributed by atoms with Crippen LogP contribution in [0, 0.1) is 12.7 Å². The van der Waals surface area contributed by atoms with E-state index < -0.39 is 23.7 Å². The first-order valence-electron chi connectivity index (χ1n) is 9.02. The molecule has 1 aliphatic rings. The zero-order valence-corrected chi connectivity index (χ0v) is 15.9. The third kappa shape index (κ3) is 3.75. The molecule has 1 aromatic heterocycles. The summed E-state index contributed by atoms with van der Waals surface area (Å²) in [6.07, 6.45) is 1.25. The average Bonchev–Trinajstić information content (AvgIpc) is 3.40. The number of carbonyl (C=O) groups is 2. The fourth-order valence-electron chi connectivity index (χ4n) is 3.08. The lowest BCUT2D eigenvalue weighted by atomic mass is 10.1. The number of anilines is 2. The third-order valence-electron chi connectivity index (χ3n) is 4.68. The number of hydrazone groups is 1. The summed E-state index contributed by atoms with van der Waals surface area (Å²) in [4.78, 5) is 24.7. The van der Waals surface area contributed by atoms with E-state index in [0.29, 0.717) is 22.8 Å². The van der Waals surface area contributed by atoms with Crippen molar-refractivity contribution in [2.24, 2.45) is 10.8 Å². The summed E-state index contributed by atoms with van der Waals surface area (Å²) in [6, 6.07) is 9.89. The number of nitrogens with one attached hydrogen (secondary N) is 1. The van der Waals surface area contributed by atoms with Crippen molar-refractivity contribution in [1.82, 2.24) is 10.2 Å². The largest absolute Gasteiger partial charge is 0.423 e. The normalized spacial score (nSPS) is 15.7. The van der Waals surface area contributed by atoms with Gasteiger partial charge in [-0.25, -0.2) is 4.39 Å². The van der Waals surface area contributed by atoms with Gasteiger partial charge in [0, 0.05) is 17.7 Å². The van der Waals surface area contributed by atoms with Crippen LogP contribution in [0.1, 0.15) is 12.0 Å². The van der Waals surface area contributed by atoms with Crippen LogP contribution in [0.2, 0.25) is 0 Å². The first kappa shape index (κ1) is 19.2. The van der Waals surface area contributed by atoms with Crippen LogP contribution >= 0.6 is 0 Å². The summed E-state index contributed by atoms with van der Waals surface area (Å²) >= 11 is 0. The van der Waals surface area contributed by atoms with Crippen LogP contribution in [0.3, 0.4) is 0 Å². The molecular weight excluding hydrogens is 391 g/mol. The minimum atomic E-state index is -0.845. The van der Waals surface area contributed by atoms with Crippen molar-refractivity contribution in [1.29, 1.82) is 0 Å². The Morgan fingerprint density at radius 2 is 2.00 bits per heavy atom. The monoisotopic (exact) mass is 408 g/mol. The van der Waals surface area contributed by atoms with Crippen LogP contribution < -0.4 is 16.1 Å². The fraction of sp³-hybridized carbons (Fsp3) is 0.150. The number of amides is 2. The SMILES string of the molecule is Cc1ccc(-c2nnco2)cc1NC(=O)C1=NN(c2ccc(F)cc2)C(C(N)=O)C1. The number of halogens is 1. The molecule has 1 aliphatic heterocycles. The van der Waals surface area contributed by atoms with Gasteiger partial charge in [0.05, 0.1) is 5.69 Å². The van der Waals surface area contributed by atoms with Gasteiger partial charge in [0.25, 0.3) is 5.91 Å². The molecule has 9 nitrogen and oxygen atoms in total. The van der Waals surface area contributed by atoms with Gasteiger partial charge in [-0.1, -0.05) is 6.07 Å². The van der Waals surface area contributed by atoms with E-state index in [4.69, 9.17) is 10.2 Å². The maximum atomic E-state index is 13.2. The van der Waals surface area contributed by atoms with E-state index in [1.807, 2.05) is 13.0 Å². The van der Waals surface area contributed by atoms with E-state index in [2.05, 4.69) is 20.6 Å². The summed E-state index contributed by atoms with van der Waals surface area (Å²) in [6.45, 7) is 1.83. The highest BCUT2D eigenvalue weighted by atomic mass is 19.1. The Morgan fingerprint density at radius 1 is 1.23 bits per heavy atom. The van der Waals surface area contributed by atoms with Gasteiger partial charge in [-0.3, -0.25) is 14.6 Å². The Labute approximate surface area is 170 Å². The molecule has 4 rings (SSSR count). The van der Waals surface area contributed by atoms with Crippen molar-refractivity contribution in [3.63, 3.8) is 0 Å².